The van der Waals surface area contributed by atoms with Gasteiger partial charge < -0.3 is 14.6 Å². The third kappa shape index (κ3) is 7.11. The van der Waals surface area contributed by atoms with Crippen LogP contribution in [0.25, 0.3) is 0 Å². The summed E-state index contributed by atoms with van der Waals surface area (Å²) in [6, 6.07) is 31.9. The van der Waals surface area contributed by atoms with E-state index in [4.69, 9.17) is 9.47 Å². The van der Waals surface area contributed by atoms with Crippen LogP contribution < -0.4 is 25.4 Å². The third-order valence-corrected chi connectivity index (χ3v) is 13.7. The minimum absolute atomic E-state index is 0.0132. The smallest absolute Gasteiger partial charge is 0.190 e. The number of unbranched alkanes of at least 4 members (excludes halogenated alkanes) is 6. The molecule has 6 heteroatoms. The van der Waals surface area contributed by atoms with Crippen molar-refractivity contribution in [1.29, 1.82) is 0 Å². The summed E-state index contributed by atoms with van der Waals surface area (Å²) in [7, 11) is 1.34. The highest BCUT2D eigenvalue weighted by atomic mass is 31.2. The summed E-state index contributed by atoms with van der Waals surface area (Å²) in [5.41, 5.74) is 2.38. The minimum atomic E-state index is -2.04. The van der Waals surface area contributed by atoms with Crippen LogP contribution in [-0.2, 0) is 0 Å². The van der Waals surface area contributed by atoms with Crippen molar-refractivity contribution < 1.29 is 24.2 Å². The first kappa shape index (κ1) is 33.2. The number of benzene rings is 4. The minimum Gasteiger partial charge on any atom is -0.508 e. The number of carbonyl (C=O) groups is 2. The van der Waals surface area contributed by atoms with Crippen LogP contribution in [0, 0.1) is 0 Å². The summed E-state index contributed by atoms with van der Waals surface area (Å²) in [5, 5.41) is 13.9. The number of ketones is 2. The number of carbonyl (C=O) groups excluding carboxylic acids is 2. The van der Waals surface area contributed by atoms with Gasteiger partial charge in [0.1, 0.15) is 40.4 Å². The lowest BCUT2D eigenvalue weighted by molar-refractivity contribution is 0.0971. The van der Waals surface area contributed by atoms with Gasteiger partial charge in [-0.15, -0.1) is 0 Å². The molecule has 5 nitrogen and oxygen atoms in total. The standard InChI is InChI=1S/C40H43O5P/c1-29-36(40(43)38-15-11-10-14-37(38)39(29)42)13-9-7-5-4-6-8-12-28-46(33-22-16-30(41)17-23-33,34-24-18-31(44-2)19-25-34)35-26-20-32(45-3)21-27-35/h10-11,14-27H,4-9,12-13,28H2,1-3H3/p+1. The molecular formula is C40H44O5P+. The fraction of sp³-hybridized carbons (Fsp3) is 0.300. The van der Waals surface area contributed by atoms with E-state index in [2.05, 4.69) is 36.4 Å². The van der Waals surface area contributed by atoms with Crippen LogP contribution in [0.4, 0.5) is 0 Å². The van der Waals surface area contributed by atoms with Crippen molar-refractivity contribution in [2.75, 3.05) is 20.4 Å². The lowest BCUT2D eigenvalue weighted by Gasteiger charge is -2.28. The quantitative estimate of drug-likeness (QED) is 0.105. The van der Waals surface area contributed by atoms with Crippen LogP contribution in [0.3, 0.4) is 0 Å². The Morgan fingerprint density at radius 1 is 0.565 bits per heavy atom. The SMILES string of the molecule is COc1ccc([P+](CCCCCCCCCC2=C(C)C(=O)c3ccccc3C2=O)(c2ccc(O)cc2)c2ccc(OC)cc2)cc1. The second-order valence-corrected chi connectivity index (χ2v) is 15.6. The average Bonchev–Trinajstić information content (AvgIpc) is 3.10. The summed E-state index contributed by atoms with van der Waals surface area (Å²) >= 11 is 0. The molecule has 0 radical (unpaired) electrons. The molecule has 0 aliphatic heterocycles. The molecule has 0 saturated heterocycles. The number of phenolic OH excluding ortho intramolecular Hbond substituents is 1. The monoisotopic (exact) mass is 635 g/mol. The Kier molecular flexibility index (Phi) is 11.1. The Labute approximate surface area is 273 Å². The molecule has 0 unspecified atom stereocenters. The number of hydrogen-bond acceptors (Lipinski definition) is 5. The Balaban J connectivity index is 1.21. The van der Waals surface area contributed by atoms with E-state index in [1.165, 1.54) is 15.9 Å². The van der Waals surface area contributed by atoms with Gasteiger partial charge in [-0.25, -0.2) is 0 Å². The molecule has 0 bridgehead atoms. The molecule has 0 fully saturated rings. The maximum Gasteiger partial charge on any atom is 0.190 e. The Bertz CT molecular complexity index is 1620. The Morgan fingerprint density at radius 2 is 1.00 bits per heavy atom. The maximum atomic E-state index is 13.0. The van der Waals surface area contributed by atoms with Gasteiger partial charge in [-0.3, -0.25) is 9.59 Å². The zero-order valence-corrected chi connectivity index (χ0v) is 28.0. The maximum absolute atomic E-state index is 13.0. The van der Waals surface area contributed by atoms with Gasteiger partial charge in [0.25, 0.3) is 0 Å². The Morgan fingerprint density at radius 3 is 1.50 bits per heavy atom. The van der Waals surface area contributed by atoms with E-state index in [0.717, 1.165) is 62.6 Å². The van der Waals surface area contributed by atoms with Crippen LogP contribution in [-0.4, -0.2) is 37.1 Å². The summed E-state index contributed by atoms with van der Waals surface area (Å²) in [6.45, 7) is 1.80. The number of Topliss-reactive ketones (excluding diaryl/α,β-unsaturated/α-hetero) is 2. The zero-order valence-electron chi connectivity index (χ0n) is 27.1. The molecule has 5 rings (SSSR count). The van der Waals surface area contributed by atoms with Crippen molar-refractivity contribution in [1.82, 2.24) is 0 Å². The number of phenols is 1. The zero-order chi connectivity index (χ0) is 32.5. The molecule has 0 saturated carbocycles. The molecule has 1 N–H and O–H groups in total. The van der Waals surface area contributed by atoms with E-state index in [9.17, 15) is 14.7 Å². The van der Waals surface area contributed by atoms with Gasteiger partial charge in [0.15, 0.2) is 11.6 Å². The summed E-state index contributed by atoms with van der Waals surface area (Å²) in [5.74, 6) is 1.93. The predicted molar refractivity (Wildman–Crippen MR) is 190 cm³/mol. The van der Waals surface area contributed by atoms with E-state index < -0.39 is 7.26 Å². The van der Waals surface area contributed by atoms with E-state index in [1.807, 2.05) is 36.4 Å². The molecule has 0 aromatic heterocycles. The van der Waals surface area contributed by atoms with Crippen LogP contribution in [0.5, 0.6) is 17.2 Å². The van der Waals surface area contributed by atoms with E-state index >= 15 is 0 Å². The lowest BCUT2D eigenvalue weighted by atomic mass is 9.82. The topological polar surface area (TPSA) is 72.8 Å². The first-order valence-electron chi connectivity index (χ1n) is 16.2. The number of allylic oxidation sites excluding steroid dienone is 2. The summed E-state index contributed by atoms with van der Waals surface area (Å²) < 4.78 is 11.0. The molecule has 0 amide bonds. The number of hydrogen-bond donors (Lipinski definition) is 1. The highest BCUT2D eigenvalue weighted by molar-refractivity contribution is 7.95. The first-order valence-corrected chi connectivity index (χ1v) is 18.2. The van der Waals surface area contributed by atoms with Crippen molar-refractivity contribution in [3.8, 4) is 17.2 Å². The second kappa shape index (κ2) is 15.4. The van der Waals surface area contributed by atoms with Crippen LogP contribution >= 0.6 is 7.26 Å². The number of rotatable bonds is 15. The molecule has 1 aliphatic rings. The fourth-order valence-electron chi connectivity index (χ4n) is 6.60. The van der Waals surface area contributed by atoms with Crippen LogP contribution in [0.1, 0.15) is 79.0 Å². The predicted octanol–water partition coefficient (Wildman–Crippen LogP) is 8.22. The van der Waals surface area contributed by atoms with Gasteiger partial charge in [-0.1, -0.05) is 49.9 Å². The molecule has 0 heterocycles. The molecular weight excluding hydrogens is 591 g/mol. The highest BCUT2D eigenvalue weighted by Crippen LogP contribution is 2.56. The molecule has 238 valence electrons. The number of ether oxygens (including phenoxy) is 2. The first-order chi connectivity index (χ1) is 22.4. The van der Waals surface area contributed by atoms with E-state index in [1.54, 1.807) is 45.4 Å². The van der Waals surface area contributed by atoms with Crippen LogP contribution in [0.2, 0.25) is 0 Å². The van der Waals surface area contributed by atoms with Crippen molar-refractivity contribution in [3.05, 3.63) is 119 Å². The van der Waals surface area contributed by atoms with Gasteiger partial charge >= 0.3 is 0 Å². The second-order valence-electron chi connectivity index (χ2n) is 12.0. The van der Waals surface area contributed by atoms with Gasteiger partial charge in [-0.05, 0) is 105 Å². The normalized spacial score (nSPS) is 13.1. The van der Waals surface area contributed by atoms with Gasteiger partial charge in [0.2, 0.25) is 0 Å². The largest absolute Gasteiger partial charge is 0.508 e. The molecule has 46 heavy (non-hydrogen) atoms. The van der Waals surface area contributed by atoms with Gasteiger partial charge in [-0.2, -0.15) is 0 Å². The van der Waals surface area contributed by atoms with Crippen molar-refractivity contribution in [2.24, 2.45) is 0 Å². The van der Waals surface area contributed by atoms with Gasteiger partial charge in [0.05, 0.1) is 20.4 Å². The highest BCUT2D eigenvalue weighted by Gasteiger charge is 2.45. The van der Waals surface area contributed by atoms with Gasteiger partial charge in [0, 0.05) is 22.3 Å². The molecule has 4 aromatic rings. The summed E-state index contributed by atoms with van der Waals surface area (Å²) in [4.78, 5) is 25.8. The molecule has 0 atom stereocenters. The summed E-state index contributed by atoms with van der Waals surface area (Å²) in [6.07, 6.45) is 9.24. The molecule has 1 aliphatic carbocycles. The molecule has 0 spiro atoms. The number of aromatic hydroxyl groups is 1. The van der Waals surface area contributed by atoms with Crippen molar-refractivity contribution in [2.45, 2.75) is 58.3 Å². The third-order valence-electron chi connectivity index (χ3n) is 9.22. The average molecular weight is 636 g/mol. The molecule has 4 aromatic carbocycles. The van der Waals surface area contributed by atoms with Crippen LogP contribution in [0.15, 0.2) is 108 Å². The van der Waals surface area contributed by atoms with E-state index in [0.29, 0.717) is 28.7 Å². The van der Waals surface area contributed by atoms with E-state index in [-0.39, 0.29) is 17.3 Å². The fourth-order valence-corrected chi connectivity index (χ4v) is 10.9. The number of fused-ring (bicyclic) bond motifs is 1. The van der Waals surface area contributed by atoms with Crippen molar-refractivity contribution >= 4 is 34.7 Å². The Hall–Kier alpha value is -4.21. The van der Waals surface area contributed by atoms with Crippen molar-refractivity contribution in [3.63, 3.8) is 0 Å². The lowest BCUT2D eigenvalue weighted by Crippen LogP contribution is -2.33. The number of methoxy groups -OCH3 is 2.